The average Bonchev–Trinajstić information content (AvgIpc) is 2.32. The van der Waals surface area contributed by atoms with Crippen LogP contribution in [0, 0.1) is 11.6 Å². The number of nitrogens with one attached hydrogen (secondary N) is 1. The summed E-state index contributed by atoms with van der Waals surface area (Å²) in [4.78, 5) is 0. The SMILES string of the molecule is CCC(C)SCC(NC)c1c(F)cccc1F. The Morgan fingerprint density at radius 2 is 1.88 bits per heavy atom. The molecule has 4 heteroatoms. The Balaban J connectivity index is 2.79. The normalized spacial score (nSPS) is 14.6. The first-order valence-electron chi connectivity index (χ1n) is 5.82. The first-order chi connectivity index (χ1) is 8.10. The molecule has 1 aromatic rings. The third-order valence-electron chi connectivity index (χ3n) is 2.82. The van der Waals surface area contributed by atoms with Gasteiger partial charge >= 0.3 is 0 Å². The lowest BCUT2D eigenvalue weighted by molar-refractivity contribution is 0.513. The van der Waals surface area contributed by atoms with E-state index < -0.39 is 11.6 Å². The molecule has 1 rings (SSSR count). The second-order valence-corrected chi connectivity index (χ2v) is 5.50. The van der Waals surface area contributed by atoms with E-state index in [1.54, 1.807) is 18.8 Å². The highest BCUT2D eigenvalue weighted by Crippen LogP contribution is 2.26. The highest BCUT2D eigenvalue weighted by molar-refractivity contribution is 7.99. The minimum absolute atomic E-state index is 0.144. The number of rotatable bonds is 6. The fraction of sp³-hybridized carbons (Fsp3) is 0.538. The third kappa shape index (κ3) is 3.96. The molecule has 0 aromatic heterocycles. The van der Waals surface area contributed by atoms with Crippen LogP contribution in [0.1, 0.15) is 31.9 Å². The molecular weight excluding hydrogens is 240 g/mol. The van der Waals surface area contributed by atoms with Crippen LogP contribution in [0.2, 0.25) is 0 Å². The molecule has 2 unspecified atom stereocenters. The number of hydrogen-bond donors (Lipinski definition) is 1. The maximum absolute atomic E-state index is 13.6. The number of thioether (sulfide) groups is 1. The first-order valence-corrected chi connectivity index (χ1v) is 6.87. The largest absolute Gasteiger partial charge is 0.312 e. The minimum Gasteiger partial charge on any atom is -0.312 e. The van der Waals surface area contributed by atoms with Gasteiger partial charge in [0.1, 0.15) is 11.6 Å². The quantitative estimate of drug-likeness (QED) is 0.835. The maximum Gasteiger partial charge on any atom is 0.130 e. The summed E-state index contributed by atoms with van der Waals surface area (Å²) in [6.07, 6.45) is 1.06. The van der Waals surface area contributed by atoms with Crippen LogP contribution in [0.5, 0.6) is 0 Å². The molecule has 0 aliphatic carbocycles. The Bertz CT molecular complexity index is 337. The molecule has 0 aliphatic heterocycles. The molecule has 0 bridgehead atoms. The van der Waals surface area contributed by atoms with Crippen molar-refractivity contribution in [2.75, 3.05) is 12.8 Å². The van der Waals surface area contributed by atoms with Crippen LogP contribution in [0.3, 0.4) is 0 Å². The van der Waals surface area contributed by atoms with Crippen LogP contribution in [0.25, 0.3) is 0 Å². The Morgan fingerprint density at radius 3 is 2.35 bits per heavy atom. The van der Waals surface area contributed by atoms with Crippen molar-refractivity contribution in [2.45, 2.75) is 31.6 Å². The summed E-state index contributed by atoms with van der Waals surface area (Å²) < 4.78 is 27.2. The van der Waals surface area contributed by atoms with Crippen molar-refractivity contribution in [2.24, 2.45) is 0 Å². The maximum atomic E-state index is 13.6. The molecule has 0 radical (unpaired) electrons. The minimum atomic E-state index is -0.478. The van der Waals surface area contributed by atoms with Gasteiger partial charge in [0.05, 0.1) is 0 Å². The Kier molecular flexibility index (Phi) is 5.92. The van der Waals surface area contributed by atoms with Crippen LogP contribution in [-0.2, 0) is 0 Å². The summed E-state index contributed by atoms with van der Waals surface area (Å²) >= 11 is 1.73. The van der Waals surface area contributed by atoms with Crippen LogP contribution in [0.15, 0.2) is 18.2 Å². The van der Waals surface area contributed by atoms with Crippen molar-refractivity contribution >= 4 is 11.8 Å². The summed E-state index contributed by atoms with van der Waals surface area (Å²) in [5, 5.41) is 3.48. The molecule has 0 saturated heterocycles. The molecule has 0 saturated carbocycles. The highest BCUT2D eigenvalue weighted by Gasteiger charge is 2.19. The van der Waals surface area contributed by atoms with E-state index in [1.165, 1.54) is 18.2 Å². The van der Waals surface area contributed by atoms with Gasteiger partial charge in [-0.2, -0.15) is 11.8 Å². The average molecular weight is 259 g/mol. The van der Waals surface area contributed by atoms with Gasteiger partial charge in [-0.1, -0.05) is 19.9 Å². The zero-order chi connectivity index (χ0) is 12.8. The van der Waals surface area contributed by atoms with Crippen molar-refractivity contribution in [1.29, 1.82) is 0 Å². The van der Waals surface area contributed by atoms with E-state index in [2.05, 4.69) is 19.2 Å². The molecule has 17 heavy (non-hydrogen) atoms. The number of benzene rings is 1. The van der Waals surface area contributed by atoms with Crippen LogP contribution >= 0.6 is 11.8 Å². The standard InChI is InChI=1S/C13H19F2NS/c1-4-9(2)17-8-12(16-3)13-10(14)6-5-7-11(13)15/h5-7,9,12,16H,4,8H2,1-3H3. The third-order valence-corrected chi connectivity index (χ3v) is 4.25. The molecule has 1 aromatic carbocycles. The van der Waals surface area contributed by atoms with E-state index >= 15 is 0 Å². The first kappa shape index (κ1) is 14.5. The fourth-order valence-electron chi connectivity index (χ4n) is 1.53. The molecular formula is C13H19F2NS. The lowest BCUT2D eigenvalue weighted by Gasteiger charge is -2.19. The van der Waals surface area contributed by atoms with Crippen LogP contribution < -0.4 is 5.32 Å². The van der Waals surface area contributed by atoms with Crippen molar-refractivity contribution in [3.05, 3.63) is 35.4 Å². The van der Waals surface area contributed by atoms with Gasteiger partial charge in [0.15, 0.2) is 0 Å². The topological polar surface area (TPSA) is 12.0 Å². The van der Waals surface area contributed by atoms with E-state index in [0.29, 0.717) is 11.0 Å². The summed E-state index contributed by atoms with van der Waals surface area (Å²) in [6, 6.07) is 3.71. The van der Waals surface area contributed by atoms with E-state index in [-0.39, 0.29) is 11.6 Å². The molecule has 1 nitrogen and oxygen atoms in total. The molecule has 96 valence electrons. The predicted molar refractivity (Wildman–Crippen MR) is 70.4 cm³/mol. The Morgan fingerprint density at radius 1 is 1.29 bits per heavy atom. The van der Waals surface area contributed by atoms with E-state index in [9.17, 15) is 8.78 Å². The fourth-order valence-corrected chi connectivity index (χ4v) is 2.62. The Labute approximate surface area is 106 Å². The molecule has 2 atom stereocenters. The number of hydrogen-bond acceptors (Lipinski definition) is 2. The lowest BCUT2D eigenvalue weighted by atomic mass is 10.1. The predicted octanol–water partition coefficient (Wildman–Crippen LogP) is 3.76. The molecule has 0 amide bonds. The summed E-state index contributed by atoms with van der Waals surface area (Å²) in [7, 11) is 1.73. The van der Waals surface area contributed by atoms with Gasteiger partial charge in [0.25, 0.3) is 0 Å². The molecule has 0 spiro atoms. The Hall–Kier alpha value is -0.610. The van der Waals surface area contributed by atoms with Gasteiger partial charge in [-0.3, -0.25) is 0 Å². The highest BCUT2D eigenvalue weighted by atomic mass is 32.2. The van der Waals surface area contributed by atoms with Crippen molar-refractivity contribution in [1.82, 2.24) is 5.32 Å². The molecule has 0 heterocycles. The van der Waals surface area contributed by atoms with Gasteiger partial charge < -0.3 is 5.32 Å². The zero-order valence-corrected chi connectivity index (χ0v) is 11.3. The van der Waals surface area contributed by atoms with Crippen LogP contribution in [0.4, 0.5) is 8.78 Å². The van der Waals surface area contributed by atoms with Crippen molar-refractivity contribution in [3.63, 3.8) is 0 Å². The van der Waals surface area contributed by atoms with E-state index in [1.807, 2.05) is 0 Å². The van der Waals surface area contributed by atoms with E-state index in [0.717, 1.165) is 6.42 Å². The van der Waals surface area contributed by atoms with Crippen LogP contribution in [-0.4, -0.2) is 18.1 Å². The van der Waals surface area contributed by atoms with Gasteiger partial charge in [-0.05, 0) is 25.6 Å². The second kappa shape index (κ2) is 6.97. The van der Waals surface area contributed by atoms with Gasteiger partial charge in [-0.15, -0.1) is 0 Å². The monoisotopic (exact) mass is 259 g/mol. The van der Waals surface area contributed by atoms with Gasteiger partial charge in [0.2, 0.25) is 0 Å². The zero-order valence-electron chi connectivity index (χ0n) is 10.5. The second-order valence-electron chi connectivity index (χ2n) is 4.03. The summed E-state index contributed by atoms with van der Waals surface area (Å²) in [5.74, 6) is -0.285. The van der Waals surface area contributed by atoms with Crippen molar-refractivity contribution in [3.8, 4) is 0 Å². The van der Waals surface area contributed by atoms with Crippen molar-refractivity contribution < 1.29 is 8.78 Å². The van der Waals surface area contributed by atoms with E-state index in [4.69, 9.17) is 0 Å². The summed E-state index contributed by atoms with van der Waals surface area (Å²) in [6.45, 7) is 4.23. The molecule has 1 N–H and O–H groups in total. The van der Waals surface area contributed by atoms with Gasteiger partial charge in [0, 0.05) is 22.6 Å². The molecule has 0 aliphatic rings. The summed E-state index contributed by atoms with van der Waals surface area (Å²) in [5.41, 5.74) is 0.144. The van der Waals surface area contributed by atoms with Gasteiger partial charge in [-0.25, -0.2) is 8.78 Å². The number of halogens is 2. The molecule has 0 fully saturated rings. The smallest absolute Gasteiger partial charge is 0.130 e. The lowest BCUT2D eigenvalue weighted by Crippen LogP contribution is -2.22.